The molecule has 8 heteroatoms. The Bertz CT molecular complexity index is 1210. The van der Waals surface area contributed by atoms with Crippen molar-refractivity contribution in [2.24, 2.45) is 0 Å². The zero-order chi connectivity index (χ0) is 27.8. The van der Waals surface area contributed by atoms with Crippen molar-refractivity contribution >= 4 is 17.6 Å². The zero-order valence-electron chi connectivity index (χ0n) is 23.3. The molecule has 2 aliphatic rings. The summed E-state index contributed by atoms with van der Waals surface area (Å²) in [5.74, 6) is -0.165. The van der Waals surface area contributed by atoms with Crippen LogP contribution in [0.4, 0.5) is 14.9 Å². The van der Waals surface area contributed by atoms with Crippen LogP contribution in [0.2, 0.25) is 0 Å². The number of amides is 3. The summed E-state index contributed by atoms with van der Waals surface area (Å²) in [5, 5.41) is 5.68. The van der Waals surface area contributed by atoms with Gasteiger partial charge in [0.05, 0.1) is 6.10 Å². The van der Waals surface area contributed by atoms with Gasteiger partial charge in [0.2, 0.25) is 0 Å². The highest BCUT2D eigenvalue weighted by Crippen LogP contribution is 2.37. The van der Waals surface area contributed by atoms with E-state index in [0.29, 0.717) is 36.4 Å². The Hall–Kier alpha value is -3.44. The summed E-state index contributed by atoms with van der Waals surface area (Å²) in [6, 6.07) is 15.5. The van der Waals surface area contributed by atoms with E-state index in [-0.39, 0.29) is 36.9 Å². The van der Waals surface area contributed by atoms with Crippen molar-refractivity contribution in [2.45, 2.75) is 77.1 Å². The lowest BCUT2D eigenvalue weighted by atomic mass is 9.85. The molecule has 39 heavy (non-hydrogen) atoms. The largest absolute Gasteiger partial charge is 0.376 e. The fourth-order valence-corrected chi connectivity index (χ4v) is 5.11. The summed E-state index contributed by atoms with van der Waals surface area (Å²) >= 11 is 0. The molecule has 2 heterocycles. The van der Waals surface area contributed by atoms with Gasteiger partial charge in [-0.05, 0) is 61.6 Å². The second-order valence-electron chi connectivity index (χ2n) is 10.7. The molecule has 0 bridgehead atoms. The number of carbonyl (C=O) groups excluding carboxylic acids is 2. The first-order valence-electron chi connectivity index (χ1n) is 14.1. The minimum atomic E-state index is -1.48. The third kappa shape index (κ3) is 7.57. The standard InChI is InChI=1S/C31H39FN4O3/c1-4-6-23(3)33-20-24-9-12-26(13-10-24)31(32)14-16-36(17-15-31)29(37)25-11-8-22(2)28(19-25)35-30(38)34-21-27-7-5-18-39-27/h8-13,19,23,27H,4-7,14-18,21H2,1-3H3,(H-,34,35,38)/p+1/t23?,27-/m1/s1. The molecule has 4 rings (SSSR count). The zero-order valence-corrected chi connectivity index (χ0v) is 23.3. The van der Waals surface area contributed by atoms with E-state index in [4.69, 9.17) is 4.74 Å². The van der Waals surface area contributed by atoms with Gasteiger partial charge in [-0.3, -0.25) is 4.79 Å². The van der Waals surface area contributed by atoms with Crippen LogP contribution in [-0.2, 0) is 10.4 Å². The van der Waals surface area contributed by atoms with E-state index in [9.17, 15) is 9.59 Å². The molecule has 0 spiro atoms. The number of hydrogen-bond donors (Lipinski definition) is 2. The van der Waals surface area contributed by atoms with Crippen LogP contribution in [0.5, 0.6) is 0 Å². The lowest BCUT2D eigenvalue weighted by molar-refractivity contribution is 0.0421. The molecule has 208 valence electrons. The average molecular weight is 536 g/mol. The van der Waals surface area contributed by atoms with E-state index in [2.05, 4.69) is 35.4 Å². The minimum Gasteiger partial charge on any atom is -0.376 e. The number of carbonyl (C=O) groups is 2. The molecule has 0 aliphatic carbocycles. The van der Waals surface area contributed by atoms with Crippen molar-refractivity contribution in [1.29, 1.82) is 0 Å². The number of anilines is 1. The van der Waals surface area contributed by atoms with Gasteiger partial charge < -0.3 is 20.3 Å². The summed E-state index contributed by atoms with van der Waals surface area (Å²) < 4.78 is 21.4. The van der Waals surface area contributed by atoms with Crippen LogP contribution in [-0.4, -0.2) is 55.2 Å². The van der Waals surface area contributed by atoms with Crippen LogP contribution >= 0.6 is 0 Å². The number of ether oxygens (including phenoxy) is 1. The molecule has 2 aromatic rings. The van der Waals surface area contributed by atoms with Gasteiger partial charge in [0, 0.05) is 63.7 Å². The average Bonchev–Trinajstić information content (AvgIpc) is 3.46. The first-order chi connectivity index (χ1) is 18.8. The predicted octanol–water partition coefficient (Wildman–Crippen LogP) is 6.27. The Labute approximate surface area is 230 Å². The summed E-state index contributed by atoms with van der Waals surface area (Å²) in [5.41, 5.74) is 1.87. The predicted molar refractivity (Wildman–Crippen MR) is 152 cm³/mol. The van der Waals surface area contributed by atoms with Crippen LogP contribution < -0.4 is 10.6 Å². The van der Waals surface area contributed by atoms with E-state index in [0.717, 1.165) is 43.4 Å². The molecule has 2 fully saturated rings. The number of halogens is 1. The number of aryl methyl sites for hydroxylation is 1. The molecule has 7 nitrogen and oxygen atoms in total. The van der Waals surface area contributed by atoms with Gasteiger partial charge in [-0.2, -0.15) is 0 Å². The second kappa shape index (κ2) is 13.1. The Morgan fingerprint density at radius 2 is 1.95 bits per heavy atom. The summed E-state index contributed by atoms with van der Waals surface area (Å²) in [6.45, 7) is 7.89. The van der Waals surface area contributed by atoms with Gasteiger partial charge in [0.15, 0.2) is 0 Å². The van der Waals surface area contributed by atoms with Crippen molar-refractivity contribution in [3.8, 4) is 6.07 Å². The SMILES string of the molecule is CCCC(C)[N+]#Cc1ccc(C2(F)CCN(C(=O)c3ccc(C)c(NC(=O)NC[C@H]4CCCO4)c3)CC2)cc1. The molecule has 0 aromatic heterocycles. The van der Waals surface area contributed by atoms with Crippen LogP contribution in [0.15, 0.2) is 42.5 Å². The summed E-state index contributed by atoms with van der Waals surface area (Å²) in [6.07, 6.45) is 4.55. The third-order valence-corrected chi connectivity index (χ3v) is 7.61. The fraction of sp³-hybridized carbons (Fsp3) is 0.516. The Morgan fingerprint density at radius 1 is 1.21 bits per heavy atom. The maximum absolute atomic E-state index is 15.9. The van der Waals surface area contributed by atoms with Gasteiger partial charge in [0.25, 0.3) is 11.9 Å². The van der Waals surface area contributed by atoms with E-state index in [1.54, 1.807) is 17.0 Å². The number of urea groups is 1. The van der Waals surface area contributed by atoms with Crippen molar-refractivity contribution in [3.05, 3.63) is 69.6 Å². The van der Waals surface area contributed by atoms with E-state index >= 15 is 4.39 Å². The molecule has 0 radical (unpaired) electrons. The Kier molecular flexibility index (Phi) is 9.58. The highest BCUT2D eigenvalue weighted by Gasteiger charge is 2.37. The monoisotopic (exact) mass is 535 g/mol. The van der Waals surface area contributed by atoms with Gasteiger partial charge in [-0.15, -0.1) is 0 Å². The molecule has 2 saturated heterocycles. The molecule has 0 saturated carbocycles. The first-order valence-corrected chi connectivity index (χ1v) is 14.1. The molecule has 2 aliphatic heterocycles. The van der Waals surface area contributed by atoms with Crippen LogP contribution in [0.1, 0.15) is 79.4 Å². The van der Waals surface area contributed by atoms with E-state index < -0.39 is 5.67 Å². The molecule has 3 amide bonds. The Balaban J connectivity index is 1.33. The highest BCUT2D eigenvalue weighted by atomic mass is 19.1. The van der Waals surface area contributed by atoms with Gasteiger partial charge in [-0.25, -0.2) is 9.18 Å². The van der Waals surface area contributed by atoms with Gasteiger partial charge in [-0.1, -0.05) is 30.0 Å². The van der Waals surface area contributed by atoms with E-state index in [1.165, 1.54) is 0 Å². The first kappa shape index (κ1) is 28.6. The van der Waals surface area contributed by atoms with Crippen LogP contribution in [0.25, 0.3) is 4.85 Å². The molecule has 2 N–H and O–H groups in total. The lowest BCUT2D eigenvalue weighted by Crippen LogP contribution is -2.43. The summed E-state index contributed by atoms with van der Waals surface area (Å²) in [4.78, 5) is 31.8. The number of rotatable bonds is 7. The number of alkyl halides is 1. The van der Waals surface area contributed by atoms with Crippen molar-refractivity contribution < 1.29 is 18.7 Å². The minimum absolute atomic E-state index is 0.0518. The van der Waals surface area contributed by atoms with E-state index in [1.807, 2.05) is 37.3 Å². The van der Waals surface area contributed by atoms with Crippen LogP contribution in [0, 0.1) is 13.0 Å². The van der Waals surface area contributed by atoms with Crippen molar-refractivity contribution in [1.82, 2.24) is 10.2 Å². The highest BCUT2D eigenvalue weighted by molar-refractivity contribution is 5.97. The second-order valence-corrected chi connectivity index (χ2v) is 10.7. The normalized spacial score (nSPS) is 19.1. The number of nitrogens with one attached hydrogen (secondary N) is 2. The maximum atomic E-state index is 15.9. The number of piperidine rings is 1. The number of likely N-dealkylation sites (tertiary alicyclic amines) is 1. The smallest absolute Gasteiger partial charge is 0.319 e. The maximum Gasteiger partial charge on any atom is 0.319 e. The number of benzene rings is 2. The molecule has 2 atom stereocenters. The Morgan fingerprint density at radius 3 is 2.62 bits per heavy atom. The number of hydrogen-bond acceptors (Lipinski definition) is 3. The van der Waals surface area contributed by atoms with Crippen LogP contribution in [0.3, 0.4) is 0 Å². The summed E-state index contributed by atoms with van der Waals surface area (Å²) in [7, 11) is 0. The molecular weight excluding hydrogens is 495 g/mol. The number of nitrogens with zero attached hydrogens (tertiary/aromatic N) is 2. The molecular formula is C31H40FN4O3+. The van der Waals surface area contributed by atoms with Crippen molar-refractivity contribution in [3.63, 3.8) is 0 Å². The van der Waals surface area contributed by atoms with Gasteiger partial charge in [0.1, 0.15) is 11.2 Å². The van der Waals surface area contributed by atoms with Gasteiger partial charge >= 0.3 is 12.1 Å². The lowest BCUT2D eigenvalue weighted by Gasteiger charge is -2.36. The third-order valence-electron chi connectivity index (χ3n) is 7.61. The fourth-order valence-electron chi connectivity index (χ4n) is 5.11. The molecule has 1 unspecified atom stereocenters. The topological polar surface area (TPSA) is 75.0 Å². The van der Waals surface area contributed by atoms with Crippen molar-refractivity contribution in [2.75, 3.05) is 31.6 Å². The quantitative estimate of drug-likeness (QED) is 0.439. The molecule has 2 aromatic carbocycles.